The van der Waals surface area contributed by atoms with Gasteiger partial charge in [0.1, 0.15) is 0 Å². The van der Waals surface area contributed by atoms with Crippen molar-refractivity contribution < 1.29 is 4.74 Å². The first-order valence-electron chi connectivity index (χ1n) is 8.43. The Balaban J connectivity index is 2.36. The van der Waals surface area contributed by atoms with Gasteiger partial charge in [-0.05, 0) is 45.7 Å². The van der Waals surface area contributed by atoms with Gasteiger partial charge in [0.25, 0.3) is 0 Å². The highest BCUT2D eigenvalue weighted by atomic mass is 16.5. The Kier molecular flexibility index (Phi) is 9.42. The van der Waals surface area contributed by atoms with Gasteiger partial charge in [-0.2, -0.15) is 0 Å². The number of ether oxygens (including phenoxy) is 1. The number of hydrogen-bond donors (Lipinski definition) is 1. The van der Waals surface area contributed by atoms with Gasteiger partial charge in [0.15, 0.2) is 5.96 Å². The average molecular weight is 298 g/mol. The number of hydrogen-bond acceptors (Lipinski definition) is 3. The van der Waals surface area contributed by atoms with E-state index in [1.807, 2.05) is 0 Å². The van der Waals surface area contributed by atoms with Crippen LogP contribution in [-0.2, 0) is 4.74 Å². The second kappa shape index (κ2) is 10.9. The Morgan fingerprint density at radius 2 is 1.90 bits per heavy atom. The molecule has 1 fully saturated rings. The summed E-state index contributed by atoms with van der Waals surface area (Å²) in [4.78, 5) is 9.29. The van der Waals surface area contributed by atoms with E-state index in [9.17, 15) is 0 Å². The zero-order chi connectivity index (χ0) is 15.5. The third-order valence-corrected chi connectivity index (χ3v) is 4.19. The molecule has 5 heteroatoms. The first-order valence-corrected chi connectivity index (χ1v) is 8.43. The molecule has 1 rings (SSSR count). The van der Waals surface area contributed by atoms with E-state index >= 15 is 0 Å². The summed E-state index contributed by atoms with van der Waals surface area (Å²) in [5.41, 5.74) is 0. The zero-order valence-corrected chi connectivity index (χ0v) is 14.4. The molecule has 0 aliphatic carbocycles. The maximum absolute atomic E-state index is 5.42. The molecule has 0 bridgehead atoms. The minimum atomic E-state index is 0.815. The highest BCUT2D eigenvalue weighted by molar-refractivity contribution is 5.79. The standard InChI is InChI=1S/C16H34N4O/c1-5-17-16(18-10-12-19(3)6-2)20(4)11-7-15-8-13-21-14-9-15/h15H,5-14H2,1-4H3,(H,17,18). The van der Waals surface area contributed by atoms with Crippen LogP contribution in [-0.4, -0.2) is 75.8 Å². The first-order chi connectivity index (χ1) is 10.2. The summed E-state index contributed by atoms with van der Waals surface area (Å²) < 4.78 is 5.42. The molecular formula is C16H34N4O. The van der Waals surface area contributed by atoms with Gasteiger partial charge in [0.05, 0.1) is 6.54 Å². The molecule has 0 aromatic heterocycles. The van der Waals surface area contributed by atoms with Crippen LogP contribution in [0.2, 0.25) is 0 Å². The summed E-state index contributed by atoms with van der Waals surface area (Å²) >= 11 is 0. The Bertz CT molecular complexity index is 290. The van der Waals surface area contributed by atoms with E-state index in [0.717, 1.165) is 57.8 Å². The molecule has 1 aliphatic heterocycles. The van der Waals surface area contributed by atoms with Crippen LogP contribution < -0.4 is 5.32 Å². The molecule has 1 saturated heterocycles. The monoisotopic (exact) mass is 298 g/mol. The van der Waals surface area contributed by atoms with Crippen molar-refractivity contribution in [1.82, 2.24) is 15.1 Å². The number of nitrogens with zero attached hydrogens (tertiary/aromatic N) is 3. The summed E-state index contributed by atoms with van der Waals surface area (Å²) in [6.45, 7) is 11.1. The maximum atomic E-state index is 5.42. The minimum absolute atomic E-state index is 0.815. The molecular weight excluding hydrogens is 264 g/mol. The fourth-order valence-corrected chi connectivity index (χ4v) is 2.47. The van der Waals surface area contributed by atoms with Gasteiger partial charge in [-0.3, -0.25) is 4.99 Å². The summed E-state index contributed by atoms with van der Waals surface area (Å²) in [6, 6.07) is 0. The van der Waals surface area contributed by atoms with E-state index in [-0.39, 0.29) is 0 Å². The second-order valence-corrected chi connectivity index (χ2v) is 5.90. The summed E-state index contributed by atoms with van der Waals surface area (Å²) in [6.07, 6.45) is 3.66. The van der Waals surface area contributed by atoms with Crippen molar-refractivity contribution in [2.75, 3.05) is 60.0 Å². The quantitative estimate of drug-likeness (QED) is 0.546. The van der Waals surface area contributed by atoms with E-state index in [1.54, 1.807) is 0 Å². The summed E-state index contributed by atoms with van der Waals surface area (Å²) in [7, 11) is 4.28. The Labute approximate surface area is 130 Å². The van der Waals surface area contributed by atoms with Crippen molar-refractivity contribution in [1.29, 1.82) is 0 Å². The Morgan fingerprint density at radius 3 is 2.52 bits per heavy atom. The lowest BCUT2D eigenvalue weighted by atomic mass is 9.96. The van der Waals surface area contributed by atoms with E-state index in [0.29, 0.717) is 0 Å². The van der Waals surface area contributed by atoms with E-state index in [2.05, 4.69) is 43.1 Å². The number of aliphatic imine (C=N–C) groups is 1. The third-order valence-electron chi connectivity index (χ3n) is 4.19. The lowest BCUT2D eigenvalue weighted by Crippen LogP contribution is -2.40. The SMILES string of the molecule is CCNC(=NCCN(C)CC)N(C)CCC1CCOCC1. The first kappa shape index (κ1) is 18.2. The average Bonchev–Trinajstić information content (AvgIpc) is 2.52. The molecule has 0 saturated carbocycles. The second-order valence-electron chi connectivity index (χ2n) is 5.90. The lowest BCUT2D eigenvalue weighted by Gasteiger charge is -2.27. The molecule has 0 amide bonds. The Morgan fingerprint density at radius 1 is 1.19 bits per heavy atom. The van der Waals surface area contributed by atoms with Crippen LogP contribution in [0, 0.1) is 5.92 Å². The number of guanidine groups is 1. The molecule has 1 N–H and O–H groups in total. The highest BCUT2D eigenvalue weighted by Gasteiger charge is 2.15. The van der Waals surface area contributed by atoms with E-state index in [1.165, 1.54) is 19.3 Å². The molecule has 0 aromatic carbocycles. The fraction of sp³-hybridized carbons (Fsp3) is 0.938. The Hall–Kier alpha value is -0.810. The molecule has 0 atom stereocenters. The molecule has 124 valence electrons. The topological polar surface area (TPSA) is 40.1 Å². The van der Waals surface area contributed by atoms with Crippen LogP contribution in [0.15, 0.2) is 4.99 Å². The molecule has 0 unspecified atom stereocenters. The van der Waals surface area contributed by atoms with Crippen LogP contribution in [0.1, 0.15) is 33.1 Å². The molecule has 0 aromatic rings. The number of rotatable bonds is 8. The maximum Gasteiger partial charge on any atom is 0.193 e. The van der Waals surface area contributed by atoms with Crippen molar-refractivity contribution in [3.05, 3.63) is 0 Å². The summed E-state index contributed by atoms with van der Waals surface area (Å²) in [5.74, 6) is 1.85. The van der Waals surface area contributed by atoms with Gasteiger partial charge >= 0.3 is 0 Å². The minimum Gasteiger partial charge on any atom is -0.381 e. The van der Waals surface area contributed by atoms with Crippen molar-refractivity contribution >= 4 is 5.96 Å². The van der Waals surface area contributed by atoms with Crippen molar-refractivity contribution in [2.24, 2.45) is 10.9 Å². The smallest absolute Gasteiger partial charge is 0.193 e. The van der Waals surface area contributed by atoms with Crippen molar-refractivity contribution in [3.8, 4) is 0 Å². The molecule has 5 nitrogen and oxygen atoms in total. The van der Waals surface area contributed by atoms with Gasteiger partial charge in [-0.15, -0.1) is 0 Å². The molecule has 21 heavy (non-hydrogen) atoms. The predicted octanol–water partition coefficient (Wildman–Crippen LogP) is 1.65. The van der Waals surface area contributed by atoms with Crippen LogP contribution >= 0.6 is 0 Å². The van der Waals surface area contributed by atoms with Crippen LogP contribution in [0.4, 0.5) is 0 Å². The number of likely N-dealkylation sites (N-methyl/N-ethyl adjacent to an activating group) is 1. The largest absolute Gasteiger partial charge is 0.381 e. The van der Waals surface area contributed by atoms with Crippen LogP contribution in [0.5, 0.6) is 0 Å². The lowest BCUT2D eigenvalue weighted by molar-refractivity contribution is 0.0625. The summed E-state index contributed by atoms with van der Waals surface area (Å²) in [5, 5.41) is 3.39. The zero-order valence-electron chi connectivity index (χ0n) is 14.4. The molecule has 1 aliphatic rings. The van der Waals surface area contributed by atoms with Gasteiger partial charge in [0.2, 0.25) is 0 Å². The van der Waals surface area contributed by atoms with Gasteiger partial charge in [0, 0.05) is 39.9 Å². The molecule has 0 radical (unpaired) electrons. The fourth-order valence-electron chi connectivity index (χ4n) is 2.47. The van der Waals surface area contributed by atoms with Crippen molar-refractivity contribution in [3.63, 3.8) is 0 Å². The van der Waals surface area contributed by atoms with Gasteiger partial charge in [-0.25, -0.2) is 0 Å². The molecule has 0 spiro atoms. The highest BCUT2D eigenvalue weighted by Crippen LogP contribution is 2.18. The number of nitrogens with one attached hydrogen (secondary N) is 1. The van der Waals surface area contributed by atoms with Crippen LogP contribution in [0.3, 0.4) is 0 Å². The van der Waals surface area contributed by atoms with Crippen LogP contribution in [0.25, 0.3) is 0 Å². The normalized spacial score (nSPS) is 17.3. The predicted molar refractivity (Wildman–Crippen MR) is 89.9 cm³/mol. The van der Waals surface area contributed by atoms with E-state index < -0.39 is 0 Å². The van der Waals surface area contributed by atoms with Gasteiger partial charge < -0.3 is 19.9 Å². The van der Waals surface area contributed by atoms with Gasteiger partial charge in [-0.1, -0.05) is 6.92 Å². The van der Waals surface area contributed by atoms with Crippen molar-refractivity contribution in [2.45, 2.75) is 33.1 Å². The third kappa shape index (κ3) is 7.67. The van der Waals surface area contributed by atoms with E-state index in [4.69, 9.17) is 9.73 Å². The molecule has 1 heterocycles.